The first-order valence-corrected chi connectivity index (χ1v) is 6.25. The average Bonchev–Trinajstić information content (AvgIpc) is 2.32. The van der Waals surface area contributed by atoms with Crippen LogP contribution in [0, 0.1) is 5.82 Å². The summed E-state index contributed by atoms with van der Waals surface area (Å²) >= 11 is 11.7. The molecule has 2 rings (SSSR count). The van der Waals surface area contributed by atoms with Gasteiger partial charge in [-0.3, -0.25) is 0 Å². The van der Waals surface area contributed by atoms with Gasteiger partial charge in [0.1, 0.15) is 5.82 Å². The summed E-state index contributed by atoms with van der Waals surface area (Å²) < 4.78 is 13.4. The van der Waals surface area contributed by atoms with E-state index in [2.05, 4.69) is 5.32 Å². The summed E-state index contributed by atoms with van der Waals surface area (Å²) in [6.07, 6.45) is 0. The van der Waals surface area contributed by atoms with Gasteiger partial charge in [-0.05, 0) is 54.1 Å². The van der Waals surface area contributed by atoms with Gasteiger partial charge in [0, 0.05) is 11.6 Å². The Kier molecular flexibility index (Phi) is 4.23. The third-order valence-corrected chi connectivity index (χ3v) is 3.12. The largest absolute Gasteiger partial charge is 0.316 e. The van der Waals surface area contributed by atoms with E-state index >= 15 is 0 Å². The molecule has 0 amide bonds. The molecule has 18 heavy (non-hydrogen) atoms. The van der Waals surface area contributed by atoms with Gasteiger partial charge in [-0.2, -0.15) is 0 Å². The molecule has 0 radical (unpaired) electrons. The molecule has 0 saturated carbocycles. The Morgan fingerprint density at radius 1 is 1.06 bits per heavy atom. The first kappa shape index (κ1) is 13.3. The molecular weight excluding hydrogens is 272 g/mol. The van der Waals surface area contributed by atoms with Crippen LogP contribution in [0.25, 0.3) is 11.1 Å². The number of halogens is 3. The molecular formula is C14H12Cl2FN. The van der Waals surface area contributed by atoms with Gasteiger partial charge < -0.3 is 5.32 Å². The fraction of sp³-hybridized carbons (Fsp3) is 0.143. The predicted molar refractivity (Wildman–Crippen MR) is 74.6 cm³/mol. The molecule has 0 bridgehead atoms. The van der Waals surface area contributed by atoms with Crippen LogP contribution in [0.1, 0.15) is 5.56 Å². The van der Waals surface area contributed by atoms with Gasteiger partial charge in [-0.25, -0.2) is 4.39 Å². The number of hydrogen-bond donors (Lipinski definition) is 1. The summed E-state index contributed by atoms with van der Waals surface area (Å²) in [5, 5.41) is 3.81. The molecule has 0 fully saturated rings. The first-order valence-electron chi connectivity index (χ1n) is 5.49. The van der Waals surface area contributed by atoms with Crippen LogP contribution in [-0.2, 0) is 6.54 Å². The van der Waals surface area contributed by atoms with E-state index < -0.39 is 5.82 Å². The molecule has 2 aromatic rings. The van der Waals surface area contributed by atoms with Gasteiger partial charge in [-0.15, -0.1) is 0 Å². The molecule has 1 nitrogen and oxygen atoms in total. The topological polar surface area (TPSA) is 12.0 Å². The fourth-order valence-electron chi connectivity index (χ4n) is 1.80. The lowest BCUT2D eigenvalue weighted by Gasteiger charge is -2.07. The van der Waals surface area contributed by atoms with Crippen LogP contribution in [0.15, 0.2) is 36.4 Å². The molecule has 0 aliphatic rings. The smallest absolute Gasteiger partial charge is 0.142 e. The SMILES string of the molecule is CNCc1cc(Cl)cc(-c2ccc(Cl)c(F)c2)c1. The molecule has 94 valence electrons. The first-order chi connectivity index (χ1) is 8.60. The van der Waals surface area contributed by atoms with E-state index in [1.807, 2.05) is 25.2 Å². The van der Waals surface area contributed by atoms with E-state index in [1.54, 1.807) is 12.1 Å². The summed E-state index contributed by atoms with van der Waals surface area (Å²) in [6.45, 7) is 0.712. The average molecular weight is 284 g/mol. The summed E-state index contributed by atoms with van der Waals surface area (Å²) in [5.74, 6) is -0.427. The van der Waals surface area contributed by atoms with Crippen molar-refractivity contribution in [1.82, 2.24) is 5.32 Å². The normalized spacial score (nSPS) is 10.7. The standard InChI is InChI=1S/C14H12Cl2FN/c1-18-8-9-4-11(6-12(15)5-9)10-2-3-13(16)14(17)7-10/h2-7,18H,8H2,1H3. The zero-order valence-corrected chi connectivity index (χ0v) is 11.3. The molecule has 0 atom stereocenters. The summed E-state index contributed by atoms with van der Waals surface area (Å²) in [6, 6.07) is 10.4. The second-order valence-corrected chi connectivity index (χ2v) is 4.85. The minimum Gasteiger partial charge on any atom is -0.316 e. The Labute approximate surface area is 116 Å². The minimum atomic E-state index is -0.427. The maximum atomic E-state index is 13.4. The Hall–Kier alpha value is -1.09. The maximum absolute atomic E-state index is 13.4. The van der Waals surface area contributed by atoms with Crippen molar-refractivity contribution in [2.75, 3.05) is 7.05 Å². The Morgan fingerprint density at radius 2 is 1.83 bits per heavy atom. The minimum absolute atomic E-state index is 0.122. The monoisotopic (exact) mass is 283 g/mol. The molecule has 0 aromatic heterocycles. The van der Waals surface area contributed by atoms with Crippen LogP contribution >= 0.6 is 23.2 Å². The second-order valence-electron chi connectivity index (χ2n) is 4.01. The quantitative estimate of drug-likeness (QED) is 0.873. The van der Waals surface area contributed by atoms with E-state index in [4.69, 9.17) is 23.2 Å². The highest BCUT2D eigenvalue weighted by atomic mass is 35.5. The van der Waals surface area contributed by atoms with Crippen molar-refractivity contribution in [2.24, 2.45) is 0 Å². The highest BCUT2D eigenvalue weighted by molar-refractivity contribution is 6.31. The summed E-state index contributed by atoms with van der Waals surface area (Å²) in [5.41, 5.74) is 2.69. The van der Waals surface area contributed by atoms with Gasteiger partial charge in [0.2, 0.25) is 0 Å². The molecule has 0 saturated heterocycles. The van der Waals surface area contributed by atoms with Gasteiger partial charge >= 0.3 is 0 Å². The zero-order valence-electron chi connectivity index (χ0n) is 9.81. The lowest BCUT2D eigenvalue weighted by Crippen LogP contribution is -2.04. The third-order valence-electron chi connectivity index (χ3n) is 2.59. The molecule has 0 unspecified atom stereocenters. The van der Waals surface area contributed by atoms with Crippen LogP contribution in [0.4, 0.5) is 4.39 Å². The number of benzene rings is 2. The van der Waals surface area contributed by atoms with E-state index in [-0.39, 0.29) is 5.02 Å². The third kappa shape index (κ3) is 3.02. The van der Waals surface area contributed by atoms with Gasteiger partial charge in [0.05, 0.1) is 5.02 Å². The van der Waals surface area contributed by atoms with E-state index in [9.17, 15) is 4.39 Å². The van der Waals surface area contributed by atoms with E-state index in [0.29, 0.717) is 11.6 Å². The fourth-order valence-corrected chi connectivity index (χ4v) is 2.17. The molecule has 4 heteroatoms. The molecule has 2 aromatic carbocycles. The highest BCUT2D eigenvalue weighted by Crippen LogP contribution is 2.27. The predicted octanol–water partition coefficient (Wildman–Crippen LogP) is 4.52. The van der Waals surface area contributed by atoms with Crippen LogP contribution in [0.3, 0.4) is 0 Å². The molecule has 0 spiro atoms. The Bertz CT molecular complexity index is 570. The Morgan fingerprint density at radius 3 is 2.50 bits per heavy atom. The van der Waals surface area contributed by atoms with Crippen molar-refractivity contribution in [2.45, 2.75) is 6.54 Å². The van der Waals surface area contributed by atoms with Crippen molar-refractivity contribution in [3.05, 3.63) is 57.8 Å². The highest BCUT2D eigenvalue weighted by Gasteiger charge is 2.05. The molecule has 0 heterocycles. The van der Waals surface area contributed by atoms with Crippen molar-refractivity contribution < 1.29 is 4.39 Å². The van der Waals surface area contributed by atoms with Crippen molar-refractivity contribution >= 4 is 23.2 Å². The molecule has 1 N–H and O–H groups in total. The number of hydrogen-bond acceptors (Lipinski definition) is 1. The summed E-state index contributed by atoms with van der Waals surface area (Å²) in [7, 11) is 1.86. The van der Waals surface area contributed by atoms with E-state index in [0.717, 1.165) is 16.7 Å². The van der Waals surface area contributed by atoms with Gasteiger partial charge in [0.25, 0.3) is 0 Å². The van der Waals surface area contributed by atoms with Crippen molar-refractivity contribution in [3.8, 4) is 11.1 Å². The van der Waals surface area contributed by atoms with Crippen LogP contribution < -0.4 is 5.32 Å². The Balaban J connectivity index is 2.46. The lowest BCUT2D eigenvalue weighted by atomic mass is 10.0. The van der Waals surface area contributed by atoms with Crippen LogP contribution in [0.2, 0.25) is 10.0 Å². The van der Waals surface area contributed by atoms with Crippen molar-refractivity contribution in [1.29, 1.82) is 0 Å². The van der Waals surface area contributed by atoms with Gasteiger partial charge in [0.15, 0.2) is 0 Å². The van der Waals surface area contributed by atoms with Crippen LogP contribution in [-0.4, -0.2) is 7.05 Å². The number of rotatable bonds is 3. The lowest BCUT2D eigenvalue weighted by molar-refractivity contribution is 0.629. The molecule has 0 aliphatic carbocycles. The van der Waals surface area contributed by atoms with Crippen LogP contribution in [0.5, 0.6) is 0 Å². The molecule has 0 aliphatic heterocycles. The maximum Gasteiger partial charge on any atom is 0.142 e. The van der Waals surface area contributed by atoms with Gasteiger partial charge in [-0.1, -0.05) is 29.3 Å². The van der Waals surface area contributed by atoms with E-state index in [1.165, 1.54) is 6.07 Å². The second kappa shape index (κ2) is 5.70. The summed E-state index contributed by atoms with van der Waals surface area (Å²) in [4.78, 5) is 0. The zero-order chi connectivity index (χ0) is 13.1. The van der Waals surface area contributed by atoms with Crippen molar-refractivity contribution in [3.63, 3.8) is 0 Å². The number of nitrogens with one attached hydrogen (secondary N) is 1.